The highest BCUT2D eigenvalue weighted by Crippen LogP contribution is 2.31. The van der Waals surface area contributed by atoms with Gasteiger partial charge in [-0.05, 0) is 50.3 Å². The van der Waals surface area contributed by atoms with Gasteiger partial charge in [-0.25, -0.2) is 14.4 Å². The number of hydrogen-bond donors (Lipinski definition) is 1. The van der Waals surface area contributed by atoms with Crippen LogP contribution in [0.25, 0.3) is 0 Å². The van der Waals surface area contributed by atoms with Crippen LogP contribution in [0.2, 0.25) is 0 Å². The molecule has 1 aliphatic carbocycles. The minimum Gasteiger partial charge on any atom is -0.348 e. The number of hydrogen-bond acceptors (Lipinski definition) is 4. The second-order valence-electron chi connectivity index (χ2n) is 8.29. The van der Waals surface area contributed by atoms with E-state index >= 15 is 0 Å². The van der Waals surface area contributed by atoms with Crippen molar-refractivity contribution in [2.45, 2.75) is 51.5 Å². The van der Waals surface area contributed by atoms with Crippen molar-refractivity contribution in [3.8, 4) is 0 Å². The Balaban J connectivity index is 1.38. The number of aromatic nitrogens is 2. The van der Waals surface area contributed by atoms with Crippen molar-refractivity contribution in [2.24, 2.45) is 5.92 Å². The molecule has 4 rings (SSSR count). The molecule has 2 aliphatic rings. The van der Waals surface area contributed by atoms with Crippen LogP contribution in [-0.2, 0) is 11.3 Å². The highest BCUT2D eigenvalue weighted by atomic mass is 19.1. The first-order chi connectivity index (χ1) is 14.5. The number of rotatable bonds is 5. The number of aryl methyl sites for hydroxylation is 1. The van der Waals surface area contributed by atoms with Crippen molar-refractivity contribution in [1.29, 1.82) is 0 Å². The SMILES string of the molecule is Cc1nc(C2CCCN(C(=O)C3CCC3)C2)ncc1C(=O)NCc1ccc(F)cc1. The highest BCUT2D eigenvalue weighted by Gasteiger charge is 2.33. The monoisotopic (exact) mass is 410 g/mol. The number of nitrogens with one attached hydrogen (secondary N) is 1. The van der Waals surface area contributed by atoms with E-state index in [2.05, 4.69) is 15.3 Å². The molecule has 7 heteroatoms. The summed E-state index contributed by atoms with van der Waals surface area (Å²) in [4.78, 5) is 36.2. The molecular formula is C23H27FN4O2. The van der Waals surface area contributed by atoms with Crippen molar-refractivity contribution in [3.05, 3.63) is 58.9 Å². The largest absolute Gasteiger partial charge is 0.348 e. The summed E-state index contributed by atoms with van der Waals surface area (Å²) in [5, 5.41) is 2.83. The number of carbonyl (C=O) groups excluding carboxylic acids is 2. The van der Waals surface area contributed by atoms with Gasteiger partial charge in [0.1, 0.15) is 11.6 Å². The minimum atomic E-state index is -0.305. The maximum Gasteiger partial charge on any atom is 0.254 e. The molecule has 1 saturated carbocycles. The van der Waals surface area contributed by atoms with E-state index in [4.69, 9.17) is 0 Å². The predicted octanol–water partition coefficient (Wildman–Crippen LogP) is 3.36. The molecule has 2 fully saturated rings. The fourth-order valence-electron chi connectivity index (χ4n) is 4.09. The number of amides is 2. The Morgan fingerprint density at radius 2 is 1.93 bits per heavy atom. The minimum absolute atomic E-state index is 0.109. The van der Waals surface area contributed by atoms with Gasteiger partial charge in [-0.2, -0.15) is 0 Å². The first-order valence-electron chi connectivity index (χ1n) is 10.7. The molecular weight excluding hydrogens is 383 g/mol. The molecule has 2 amide bonds. The second kappa shape index (κ2) is 8.90. The number of piperidine rings is 1. The smallest absolute Gasteiger partial charge is 0.254 e. The molecule has 1 aliphatic heterocycles. The van der Waals surface area contributed by atoms with Crippen LogP contribution in [0, 0.1) is 18.7 Å². The Kier molecular flexibility index (Phi) is 6.06. The van der Waals surface area contributed by atoms with Gasteiger partial charge in [0.05, 0.1) is 11.3 Å². The van der Waals surface area contributed by atoms with E-state index in [1.54, 1.807) is 25.3 Å². The van der Waals surface area contributed by atoms with Gasteiger partial charge in [0.15, 0.2) is 0 Å². The standard InChI is InChI=1S/C23H27FN4O2/c1-15-20(22(29)26-12-16-7-9-19(24)10-8-16)13-25-21(27-15)18-6-3-11-28(14-18)23(30)17-4-2-5-17/h7-10,13,17-18H,2-6,11-12,14H2,1H3,(H,26,29). The third-order valence-electron chi connectivity index (χ3n) is 6.16. The van der Waals surface area contributed by atoms with Crippen LogP contribution in [0.5, 0.6) is 0 Å². The maximum atomic E-state index is 13.0. The number of benzene rings is 1. The van der Waals surface area contributed by atoms with Gasteiger partial charge in [-0.3, -0.25) is 9.59 Å². The third-order valence-corrected chi connectivity index (χ3v) is 6.16. The molecule has 158 valence electrons. The number of carbonyl (C=O) groups is 2. The average molecular weight is 410 g/mol. The lowest BCUT2D eigenvalue weighted by atomic mass is 9.83. The Hall–Kier alpha value is -2.83. The zero-order valence-electron chi connectivity index (χ0n) is 17.2. The lowest BCUT2D eigenvalue weighted by Crippen LogP contribution is -2.44. The summed E-state index contributed by atoms with van der Waals surface area (Å²) in [6.07, 6.45) is 6.65. The molecule has 1 aromatic carbocycles. The fraction of sp³-hybridized carbons (Fsp3) is 0.478. The molecule has 1 aromatic heterocycles. The van der Waals surface area contributed by atoms with Crippen molar-refractivity contribution in [3.63, 3.8) is 0 Å². The molecule has 0 spiro atoms. The Morgan fingerprint density at radius 3 is 2.60 bits per heavy atom. The van der Waals surface area contributed by atoms with E-state index in [1.165, 1.54) is 12.1 Å². The van der Waals surface area contributed by atoms with Crippen molar-refractivity contribution >= 4 is 11.8 Å². The maximum absolute atomic E-state index is 13.0. The summed E-state index contributed by atoms with van der Waals surface area (Å²) in [5.74, 6) is 0.735. The average Bonchev–Trinajstić information content (AvgIpc) is 2.72. The Bertz CT molecular complexity index is 927. The summed E-state index contributed by atoms with van der Waals surface area (Å²) >= 11 is 0. The van der Waals surface area contributed by atoms with Crippen molar-refractivity contribution < 1.29 is 14.0 Å². The van der Waals surface area contributed by atoms with Crippen LogP contribution in [-0.4, -0.2) is 39.8 Å². The summed E-state index contributed by atoms with van der Waals surface area (Å²) in [7, 11) is 0. The summed E-state index contributed by atoms with van der Waals surface area (Å²) in [5.41, 5.74) is 1.87. The van der Waals surface area contributed by atoms with Crippen LogP contribution in [0.15, 0.2) is 30.5 Å². The molecule has 0 radical (unpaired) electrons. The van der Waals surface area contributed by atoms with Gasteiger partial charge in [-0.15, -0.1) is 0 Å². The molecule has 6 nitrogen and oxygen atoms in total. The van der Waals surface area contributed by atoms with E-state index in [0.29, 0.717) is 30.2 Å². The van der Waals surface area contributed by atoms with Crippen molar-refractivity contribution in [1.82, 2.24) is 20.2 Å². The Morgan fingerprint density at radius 1 is 1.17 bits per heavy atom. The van der Waals surface area contributed by atoms with E-state index in [9.17, 15) is 14.0 Å². The Labute approximate surface area is 175 Å². The van der Waals surface area contributed by atoms with Crippen LogP contribution in [0.4, 0.5) is 4.39 Å². The van der Waals surface area contributed by atoms with Crippen LogP contribution in [0.3, 0.4) is 0 Å². The number of halogens is 1. The van der Waals surface area contributed by atoms with Gasteiger partial charge < -0.3 is 10.2 Å². The summed E-state index contributed by atoms with van der Waals surface area (Å²) in [6.45, 7) is 3.58. The third kappa shape index (κ3) is 4.50. The molecule has 2 heterocycles. The van der Waals surface area contributed by atoms with E-state index in [0.717, 1.165) is 44.2 Å². The normalized spacial score (nSPS) is 19.3. The van der Waals surface area contributed by atoms with Gasteiger partial charge in [0, 0.05) is 37.7 Å². The topological polar surface area (TPSA) is 75.2 Å². The predicted molar refractivity (Wildman–Crippen MR) is 110 cm³/mol. The van der Waals surface area contributed by atoms with Crippen molar-refractivity contribution in [2.75, 3.05) is 13.1 Å². The number of nitrogens with zero attached hydrogens (tertiary/aromatic N) is 3. The molecule has 1 N–H and O–H groups in total. The highest BCUT2D eigenvalue weighted by molar-refractivity contribution is 5.94. The summed E-state index contributed by atoms with van der Waals surface area (Å²) < 4.78 is 13.0. The lowest BCUT2D eigenvalue weighted by Gasteiger charge is -2.36. The molecule has 1 unspecified atom stereocenters. The second-order valence-corrected chi connectivity index (χ2v) is 8.29. The first kappa shape index (κ1) is 20.4. The zero-order valence-corrected chi connectivity index (χ0v) is 17.2. The van der Waals surface area contributed by atoms with Crippen LogP contribution >= 0.6 is 0 Å². The fourth-order valence-corrected chi connectivity index (χ4v) is 4.09. The number of likely N-dealkylation sites (tertiary alicyclic amines) is 1. The van der Waals surface area contributed by atoms with Gasteiger partial charge in [0.25, 0.3) is 5.91 Å². The van der Waals surface area contributed by atoms with Gasteiger partial charge in [-0.1, -0.05) is 18.6 Å². The zero-order chi connectivity index (χ0) is 21.1. The molecule has 1 atom stereocenters. The van der Waals surface area contributed by atoms with E-state index in [-0.39, 0.29) is 29.5 Å². The van der Waals surface area contributed by atoms with E-state index < -0.39 is 0 Å². The van der Waals surface area contributed by atoms with Gasteiger partial charge >= 0.3 is 0 Å². The van der Waals surface area contributed by atoms with E-state index in [1.807, 2.05) is 4.90 Å². The molecule has 2 aromatic rings. The van der Waals surface area contributed by atoms with Gasteiger partial charge in [0.2, 0.25) is 5.91 Å². The lowest BCUT2D eigenvalue weighted by molar-refractivity contribution is -0.139. The summed E-state index contributed by atoms with van der Waals surface area (Å²) in [6, 6.07) is 6.02. The van der Waals surface area contributed by atoms with Crippen LogP contribution < -0.4 is 5.32 Å². The molecule has 30 heavy (non-hydrogen) atoms. The quantitative estimate of drug-likeness (QED) is 0.820. The first-order valence-corrected chi connectivity index (χ1v) is 10.7. The van der Waals surface area contributed by atoms with Crippen LogP contribution in [0.1, 0.15) is 65.5 Å². The molecule has 0 bridgehead atoms. The molecule has 1 saturated heterocycles.